The SMILES string of the molecule is CN(CCCBr)C(=O)c1ccc(F)c(F)c1. The van der Waals surface area contributed by atoms with Gasteiger partial charge < -0.3 is 4.90 Å². The van der Waals surface area contributed by atoms with Crippen LogP contribution in [0.5, 0.6) is 0 Å². The number of amides is 1. The molecular weight excluding hydrogens is 280 g/mol. The lowest BCUT2D eigenvalue weighted by molar-refractivity contribution is 0.0795. The minimum Gasteiger partial charge on any atom is -0.342 e. The summed E-state index contributed by atoms with van der Waals surface area (Å²) in [6.45, 7) is 0.572. The minimum absolute atomic E-state index is 0.163. The second-order valence-corrected chi connectivity index (χ2v) is 4.19. The van der Waals surface area contributed by atoms with Crippen LogP contribution in [0, 0.1) is 11.6 Å². The third kappa shape index (κ3) is 3.27. The van der Waals surface area contributed by atoms with E-state index >= 15 is 0 Å². The zero-order valence-corrected chi connectivity index (χ0v) is 10.4. The standard InChI is InChI=1S/C11H12BrF2NO/c1-15(6-2-5-12)11(16)8-3-4-9(13)10(14)7-8/h3-4,7H,2,5-6H2,1H3. The summed E-state index contributed by atoms with van der Waals surface area (Å²) in [6, 6.07) is 3.16. The number of benzene rings is 1. The van der Waals surface area contributed by atoms with Crippen LogP contribution >= 0.6 is 15.9 Å². The maximum Gasteiger partial charge on any atom is 0.253 e. The number of rotatable bonds is 4. The number of alkyl halides is 1. The first-order valence-corrected chi connectivity index (χ1v) is 5.95. The fourth-order valence-electron chi connectivity index (χ4n) is 1.25. The van der Waals surface area contributed by atoms with Gasteiger partial charge in [-0.2, -0.15) is 0 Å². The summed E-state index contributed by atoms with van der Waals surface area (Å²) < 4.78 is 25.6. The van der Waals surface area contributed by atoms with E-state index < -0.39 is 11.6 Å². The fraction of sp³-hybridized carbons (Fsp3) is 0.364. The van der Waals surface area contributed by atoms with E-state index in [4.69, 9.17) is 0 Å². The summed E-state index contributed by atoms with van der Waals surface area (Å²) in [7, 11) is 1.63. The van der Waals surface area contributed by atoms with E-state index in [0.29, 0.717) is 6.54 Å². The van der Waals surface area contributed by atoms with E-state index in [1.807, 2.05) is 0 Å². The summed E-state index contributed by atoms with van der Waals surface area (Å²) >= 11 is 3.26. The minimum atomic E-state index is -1.00. The highest BCUT2D eigenvalue weighted by Gasteiger charge is 2.13. The molecule has 0 aliphatic heterocycles. The van der Waals surface area contributed by atoms with Crippen molar-refractivity contribution in [1.82, 2.24) is 4.90 Å². The molecular formula is C11H12BrF2NO. The highest BCUT2D eigenvalue weighted by Crippen LogP contribution is 2.10. The van der Waals surface area contributed by atoms with Gasteiger partial charge in [0.25, 0.3) is 5.91 Å². The Balaban J connectivity index is 2.76. The molecule has 0 N–H and O–H groups in total. The van der Waals surface area contributed by atoms with E-state index in [2.05, 4.69) is 15.9 Å². The van der Waals surface area contributed by atoms with Crippen LogP contribution < -0.4 is 0 Å². The third-order valence-electron chi connectivity index (χ3n) is 2.14. The van der Waals surface area contributed by atoms with Gasteiger partial charge in [0, 0.05) is 24.5 Å². The van der Waals surface area contributed by atoms with Crippen molar-refractivity contribution in [3.05, 3.63) is 35.4 Å². The molecule has 2 nitrogen and oxygen atoms in total. The lowest BCUT2D eigenvalue weighted by Gasteiger charge is -2.16. The van der Waals surface area contributed by atoms with Crippen LogP contribution in [0.25, 0.3) is 0 Å². The molecule has 0 aliphatic rings. The van der Waals surface area contributed by atoms with E-state index in [9.17, 15) is 13.6 Å². The summed E-state index contributed by atoms with van der Waals surface area (Å²) in [5.41, 5.74) is 0.163. The zero-order chi connectivity index (χ0) is 12.1. The molecule has 0 spiro atoms. The van der Waals surface area contributed by atoms with E-state index in [-0.39, 0.29) is 11.5 Å². The molecule has 0 atom stereocenters. The predicted octanol–water partition coefficient (Wildman–Crippen LogP) is 2.82. The van der Waals surface area contributed by atoms with Gasteiger partial charge in [0.05, 0.1) is 0 Å². The van der Waals surface area contributed by atoms with Gasteiger partial charge in [-0.05, 0) is 24.6 Å². The first kappa shape index (κ1) is 13.1. The van der Waals surface area contributed by atoms with Crippen LogP contribution in [-0.2, 0) is 0 Å². The van der Waals surface area contributed by atoms with Crippen molar-refractivity contribution in [3.63, 3.8) is 0 Å². The summed E-state index contributed by atoms with van der Waals surface area (Å²) in [5, 5.41) is 0.794. The first-order valence-electron chi connectivity index (χ1n) is 4.82. The topological polar surface area (TPSA) is 20.3 Å². The van der Waals surface area contributed by atoms with Crippen molar-refractivity contribution in [3.8, 4) is 0 Å². The Morgan fingerprint density at radius 3 is 2.62 bits per heavy atom. The maximum atomic E-state index is 12.9. The zero-order valence-electron chi connectivity index (χ0n) is 8.84. The molecule has 1 amide bonds. The van der Waals surface area contributed by atoms with Crippen LogP contribution in [-0.4, -0.2) is 29.7 Å². The van der Waals surface area contributed by atoms with Crippen LogP contribution in [0.2, 0.25) is 0 Å². The van der Waals surface area contributed by atoms with Crippen molar-refractivity contribution in [2.24, 2.45) is 0 Å². The number of hydrogen-bond acceptors (Lipinski definition) is 1. The molecule has 0 saturated carbocycles. The van der Waals surface area contributed by atoms with Gasteiger partial charge in [-0.3, -0.25) is 4.79 Å². The van der Waals surface area contributed by atoms with Crippen LogP contribution in [0.3, 0.4) is 0 Å². The Morgan fingerprint density at radius 2 is 2.06 bits per heavy atom. The molecule has 0 radical (unpaired) electrons. The van der Waals surface area contributed by atoms with Crippen LogP contribution in [0.15, 0.2) is 18.2 Å². The smallest absolute Gasteiger partial charge is 0.253 e. The maximum absolute atomic E-state index is 12.9. The van der Waals surface area contributed by atoms with Gasteiger partial charge in [0.15, 0.2) is 11.6 Å². The van der Waals surface area contributed by atoms with Crippen LogP contribution in [0.4, 0.5) is 8.78 Å². The highest BCUT2D eigenvalue weighted by atomic mass is 79.9. The number of carbonyl (C=O) groups is 1. The quantitative estimate of drug-likeness (QED) is 0.781. The summed E-state index contributed by atoms with van der Waals surface area (Å²) in [5.74, 6) is -2.25. The normalized spacial score (nSPS) is 10.2. The van der Waals surface area contributed by atoms with Crippen molar-refractivity contribution in [2.45, 2.75) is 6.42 Å². The molecule has 1 aromatic rings. The average Bonchev–Trinajstić information content (AvgIpc) is 2.28. The number of hydrogen-bond donors (Lipinski definition) is 0. The molecule has 5 heteroatoms. The number of halogens is 3. The van der Waals surface area contributed by atoms with E-state index in [0.717, 1.165) is 23.9 Å². The predicted molar refractivity (Wildman–Crippen MR) is 61.7 cm³/mol. The molecule has 0 unspecified atom stereocenters. The number of carbonyl (C=O) groups excluding carboxylic acids is 1. The highest BCUT2D eigenvalue weighted by molar-refractivity contribution is 9.09. The monoisotopic (exact) mass is 291 g/mol. The Morgan fingerprint density at radius 1 is 1.38 bits per heavy atom. The Labute approximate surface area is 101 Å². The molecule has 0 aromatic heterocycles. The molecule has 0 heterocycles. The van der Waals surface area contributed by atoms with Gasteiger partial charge in [0.1, 0.15) is 0 Å². The summed E-state index contributed by atoms with van der Waals surface area (Å²) in [4.78, 5) is 13.2. The van der Waals surface area contributed by atoms with Gasteiger partial charge in [0.2, 0.25) is 0 Å². The van der Waals surface area contributed by atoms with Crippen molar-refractivity contribution < 1.29 is 13.6 Å². The Kier molecular flexibility index (Phi) is 4.86. The molecule has 0 aliphatic carbocycles. The van der Waals surface area contributed by atoms with E-state index in [1.54, 1.807) is 7.05 Å². The molecule has 88 valence electrons. The molecule has 0 fully saturated rings. The van der Waals surface area contributed by atoms with Gasteiger partial charge >= 0.3 is 0 Å². The van der Waals surface area contributed by atoms with E-state index in [1.165, 1.54) is 11.0 Å². The number of nitrogens with zero attached hydrogens (tertiary/aromatic N) is 1. The van der Waals surface area contributed by atoms with Crippen molar-refractivity contribution >= 4 is 21.8 Å². The van der Waals surface area contributed by atoms with Gasteiger partial charge in [-0.1, -0.05) is 15.9 Å². The van der Waals surface area contributed by atoms with Crippen molar-refractivity contribution in [2.75, 3.05) is 18.9 Å². The lowest BCUT2D eigenvalue weighted by atomic mass is 10.2. The molecule has 16 heavy (non-hydrogen) atoms. The third-order valence-corrected chi connectivity index (χ3v) is 2.70. The second-order valence-electron chi connectivity index (χ2n) is 3.40. The van der Waals surface area contributed by atoms with Gasteiger partial charge in [-0.15, -0.1) is 0 Å². The van der Waals surface area contributed by atoms with Gasteiger partial charge in [-0.25, -0.2) is 8.78 Å². The lowest BCUT2D eigenvalue weighted by Crippen LogP contribution is -2.28. The average molecular weight is 292 g/mol. The Hall–Kier alpha value is -0.970. The Bertz CT molecular complexity index is 384. The van der Waals surface area contributed by atoms with Crippen molar-refractivity contribution in [1.29, 1.82) is 0 Å². The second kappa shape index (κ2) is 5.94. The largest absolute Gasteiger partial charge is 0.342 e. The molecule has 1 rings (SSSR count). The summed E-state index contributed by atoms with van der Waals surface area (Å²) in [6.07, 6.45) is 0.811. The fourth-order valence-corrected chi connectivity index (χ4v) is 1.50. The first-order chi connectivity index (χ1) is 7.56. The molecule has 0 bridgehead atoms. The molecule has 0 saturated heterocycles. The molecule has 1 aromatic carbocycles. The van der Waals surface area contributed by atoms with Crippen LogP contribution in [0.1, 0.15) is 16.8 Å².